The van der Waals surface area contributed by atoms with Crippen LogP contribution in [-0.2, 0) is 9.59 Å². The van der Waals surface area contributed by atoms with Gasteiger partial charge < -0.3 is 5.32 Å². The van der Waals surface area contributed by atoms with Gasteiger partial charge in [0.05, 0.1) is 5.71 Å². The lowest BCUT2D eigenvalue weighted by Gasteiger charge is -2.27. The third kappa shape index (κ3) is 2.64. The Balaban J connectivity index is 2.31. The molecule has 2 aliphatic rings. The number of hydrogen-bond acceptors (Lipinski definition) is 2. The molecule has 94 valence electrons. The highest BCUT2D eigenvalue weighted by atomic mass is 16.2. The zero-order chi connectivity index (χ0) is 13.1. The zero-order valence-corrected chi connectivity index (χ0v) is 10.6. The van der Waals surface area contributed by atoms with Crippen LogP contribution in [0.3, 0.4) is 0 Å². The Morgan fingerprint density at radius 2 is 2.22 bits per heavy atom. The minimum Gasteiger partial charge on any atom is -0.325 e. The van der Waals surface area contributed by atoms with Gasteiger partial charge in [0.25, 0.3) is 0 Å². The van der Waals surface area contributed by atoms with Gasteiger partial charge >= 0.3 is 0 Å². The second-order valence-corrected chi connectivity index (χ2v) is 4.45. The van der Waals surface area contributed by atoms with E-state index >= 15 is 0 Å². The van der Waals surface area contributed by atoms with E-state index in [1.165, 1.54) is 6.92 Å². The number of carbonyl (C=O) groups is 2. The summed E-state index contributed by atoms with van der Waals surface area (Å²) in [5, 5.41) is 2.81. The van der Waals surface area contributed by atoms with Gasteiger partial charge in [-0.05, 0) is 18.6 Å². The topological polar surface area (TPSA) is 58.5 Å². The molecule has 4 heteroatoms. The van der Waals surface area contributed by atoms with Crippen molar-refractivity contribution in [3.63, 3.8) is 0 Å². The molecule has 2 rings (SSSR count). The minimum absolute atomic E-state index is 0.0987. The quantitative estimate of drug-likeness (QED) is 0.806. The van der Waals surface area contributed by atoms with Gasteiger partial charge in [0, 0.05) is 24.6 Å². The first kappa shape index (κ1) is 12.5. The maximum atomic E-state index is 11.6. The smallest absolute Gasteiger partial charge is 0.248 e. The summed E-state index contributed by atoms with van der Waals surface area (Å²) in [5.74, 6) is -0.219. The second-order valence-electron chi connectivity index (χ2n) is 4.45. The maximum absolute atomic E-state index is 11.6. The summed E-state index contributed by atoms with van der Waals surface area (Å²) in [5.41, 5.74) is 2.52. The van der Waals surface area contributed by atoms with E-state index < -0.39 is 0 Å². The monoisotopic (exact) mass is 244 g/mol. The van der Waals surface area contributed by atoms with Crippen molar-refractivity contribution in [2.24, 2.45) is 10.9 Å². The van der Waals surface area contributed by atoms with Gasteiger partial charge in [-0.1, -0.05) is 25.0 Å². The molecule has 1 heterocycles. The predicted octanol–water partition coefficient (Wildman–Crippen LogP) is 1.90. The van der Waals surface area contributed by atoms with Gasteiger partial charge in [-0.15, -0.1) is 0 Å². The van der Waals surface area contributed by atoms with Gasteiger partial charge in [0.1, 0.15) is 0 Å². The molecule has 0 aromatic rings. The molecule has 0 spiro atoms. The van der Waals surface area contributed by atoms with Crippen molar-refractivity contribution in [3.8, 4) is 0 Å². The normalized spacial score (nSPS) is 24.2. The highest BCUT2D eigenvalue weighted by Crippen LogP contribution is 2.29. The van der Waals surface area contributed by atoms with Crippen LogP contribution >= 0.6 is 0 Å². The number of nitrogens with zero attached hydrogens (tertiary/aromatic N) is 1. The molecule has 0 fully saturated rings. The number of nitrogens with one attached hydrogen (secondary N) is 1. The Bertz CT molecular complexity index is 510. The molecule has 1 N–H and O–H groups in total. The van der Waals surface area contributed by atoms with Gasteiger partial charge in [-0.3, -0.25) is 9.59 Å². The van der Waals surface area contributed by atoms with Crippen LogP contribution in [0.5, 0.6) is 0 Å². The molecule has 0 saturated carbocycles. The van der Waals surface area contributed by atoms with Crippen LogP contribution in [0.1, 0.15) is 26.7 Å². The van der Waals surface area contributed by atoms with E-state index in [9.17, 15) is 9.59 Å². The summed E-state index contributed by atoms with van der Waals surface area (Å²) in [4.78, 5) is 26.4. The fourth-order valence-corrected chi connectivity index (χ4v) is 2.24. The van der Waals surface area contributed by atoms with Crippen molar-refractivity contribution in [2.45, 2.75) is 26.7 Å². The van der Waals surface area contributed by atoms with E-state index in [2.05, 4.69) is 17.2 Å². The molecule has 1 aliphatic heterocycles. The largest absolute Gasteiger partial charge is 0.325 e. The summed E-state index contributed by atoms with van der Waals surface area (Å²) >= 11 is 0. The second kappa shape index (κ2) is 5.12. The van der Waals surface area contributed by atoms with E-state index in [0.29, 0.717) is 5.71 Å². The van der Waals surface area contributed by atoms with Crippen LogP contribution in [0.15, 0.2) is 40.6 Å². The maximum Gasteiger partial charge on any atom is 0.248 e. The van der Waals surface area contributed by atoms with Gasteiger partial charge in [-0.25, -0.2) is 4.99 Å². The van der Waals surface area contributed by atoms with Crippen molar-refractivity contribution >= 4 is 17.5 Å². The lowest BCUT2D eigenvalue weighted by Crippen LogP contribution is -2.33. The van der Waals surface area contributed by atoms with E-state index in [0.717, 1.165) is 24.1 Å². The molecule has 0 aromatic heterocycles. The molecule has 4 nitrogen and oxygen atoms in total. The van der Waals surface area contributed by atoms with Crippen LogP contribution < -0.4 is 5.32 Å². The third-order valence-corrected chi connectivity index (χ3v) is 2.91. The Kier molecular flexibility index (Phi) is 3.55. The summed E-state index contributed by atoms with van der Waals surface area (Å²) in [7, 11) is 0. The van der Waals surface area contributed by atoms with Crippen molar-refractivity contribution in [1.29, 1.82) is 0 Å². The van der Waals surface area contributed by atoms with Crippen molar-refractivity contribution in [3.05, 3.63) is 35.6 Å². The highest BCUT2D eigenvalue weighted by molar-refractivity contribution is 6.11. The molecule has 1 unspecified atom stereocenters. The Morgan fingerprint density at radius 3 is 2.89 bits per heavy atom. The van der Waals surface area contributed by atoms with E-state index in [4.69, 9.17) is 0 Å². The van der Waals surface area contributed by atoms with E-state index in [1.54, 1.807) is 12.2 Å². The average Bonchev–Trinajstić information content (AvgIpc) is 2.27. The fraction of sp³-hybridized carbons (Fsp3) is 0.357. The van der Waals surface area contributed by atoms with Crippen molar-refractivity contribution in [2.75, 3.05) is 0 Å². The lowest BCUT2D eigenvalue weighted by molar-refractivity contribution is -0.116. The average molecular weight is 244 g/mol. The summed E-state index contributed by atoms with van der Waals surface area (Å²) in [6.07, 6.45) is 9.16. The molecular formula is C14H16N2O2. The molecule has 1 aliphatic carbocycles. The first-order valence-electron chi connectivity index (χ1n) is 6.10. The van der Waals surface area contributed by atoms with Crippen LogP contribution in [0.2, 0.25) is 0 Å². The number of allylic oxidation sites excluding steroid dienone is 3. The molecule has 0 saturated heterocycles. The SMILES string of the molecule is CCCC1=CC(=O)NC2=CC(=NC(C)=O)C=CC12. The van der Waals surface area contributed by atoms with E-state index in [-0.39, 0.29) is 17.7 Å². The number of carbonyl (C=O) groups excluding carboxylic acids is 2. The van der Waals surface area contributed by atoms with Crippen LogP contribution in [-0.4, -0.2) is 17.5 Å². The molecular weight excluding hydrogens is 228 g/mol. The van der Waals surface area contributed by atoms with Crippen LogP contribution in [0.25, 0.3) is 0 Å². The zero-order valence-electron chi connectivity index (χ0n) is 10.6. The van der Waals surface area contributed by atoms with Crippen LogP contribution in [0.4, 0.5) is 0 Å². The molecule has 18 heavy (non-hydrogen) atoms. The fourth-order valence-electron chi connectivity index (χ4n) is 2.24. The molecule has 0 bridgehead atoms. The molecule has 2 amide bonds. The van der Waals surface area contributed by atoms with E-state index in [1.807, 2.05) is 12.2 Å². The van der Waals surface area contributed by atoms with Gasteiger partial charge in [-0.2, -0.15) is 0 Å². The number of hydrogen-bond donors (Lipinski definition) is 1. The first-order chi connectivity index (χ1) is 8.60. The third-order valence-electron chi connectivity index (χ3n) is 2.91. The molecule has 0 radical (unpaired) electrons. The molecule has 1 atom stereocenters. The highest BCUT2D eigenvalue weighted by Gasteiger charge is 2.25. The number of aliphatic imine (C=N–C) groups is 1. The van der Waals surface area contributed by atoms with Gasteiger partial charge in [0.2, 0.25) is 11.8 Å². The number of fused-ring (bicyclic) bond motifs is 1. The van der Waals surface area contributed by atoms with Gasteiger partial charge in [0.15, 0.2) is 0 Å². The Hall–Kier alpha value is -1.97. The summed E-state index contributed by atoms with van der Waals surface area (Å²) in [6, 6.07) is 0. The van der Waals surface area contributed by atoms with Crippen molar-refractivity contribution < 1.29 is 9.59 Å². The predicted molar refractivity (Wildman–Crippen MR) is 70.0 cm³/mol. The lowest BCUT2D eigenvalue weighted by atomic mass is 9.85. The minimum atomic E-state index is -0.239. The van der Waals surface area contributed by atoms with Crippen LogP contribution in [0, 0.1) is 5.92 Å². The first-order valence-corrected chi connectivity index (χ1v) is 6.10. The number of rotatable bonds is 2. The Morgan fingerprint density at radius 1 is 1.44 bits per heavy atom. The molecule has 0 aromatic carbocycles. The summed E-state index contributed by atoms with van der Waals surface area (Å²) in [6.45, 7) is 3.50. The summed E-state index contributed by atoms with van der Waals surface area (Å²) < 4.78 is 0. The standard InChI is InChI=1S/C14H16N2O2/c1-3-4-10-7-14(18)16-13-8-11(15-9(2)17)5-6-12(10)13/h5-8,12H,3-4H2,1-2H3,(H,16,18). The number of amides is 2. The Labute approximate surface area is 106 Å². The van der Waals surface area contributed by atoms with Crippen molar-refractivity contribution in [1.82, 2.24) is 5.32 Å².